The van der Waals surface area contributed by atoms with E-state index in [4.69, 9.17) is 0 Å². The van der Waals surface area contributed by atoms with Gasteiger partial charge in [-0.15, -0.1) is 0 Å². The second-order valence-corrected chi connectivity index (χ2v) is 3.85. The second-order valence-electron chi connectivity index (χ2n) is 3.85. The zero-order chi connectivity index (χ0) is 11.1. The molecule has 16 heavy (non-hydrogen) atoms. The van der Waals surface area contributed by atoms with E-state index in [1.807, 2.05) is 12.8 Å². The highest BCUT2D eigenvalue weighted by Crippen LogP contribution is 2.22. The van der Waals surface area contributed by atoms with Gasteiger partial charge in [0.15, 0.2) is 0 Å². The van der Waals surface area contributed by atoms with E-state index in [0.717, 1.165) is 0 Å². The molecule has 0 aromatic heterocycles. The summed E-state index contributed by atoms with van der Waals surface area (Å²) in [5.74, 6) is 0.877. The average Bonchev–Trinajstić information content (AvgIpc) is 2.18. The van der Waals surface area contributed by atoms with Crippen molar-refractivity contribution in [2.24, 2.45) is 11.8 Å². The molecule has 0 N–H and O–H groups in total. The Morgan fingerprint density at radius 2 is 0.688 bits per heavy atom. The molecule has 2 aliphatic rings. The van der Waals surface area contributed by atoms with Crippen LogP contribution in [0.3, 0.4) is 0 Å². The lowest BCUT2D eigenvalue weighted by Crippen LogP contribution is -2.07. The summed E-state index contributed by atoms with van der Waals surface area (Å²) in [7, 11) is 0. The normalized spacial score (nSPS) is 31.8. The lowest BCUT2D eigenvalue weighted by Gasteiger charge is -2.17. The molecule has 80 valence electrons. The van der Waals surface area contributed by atoms with Crippen molar-refractivity contribution in [3.63, 3.8) is 0 Å². The Kier molecular flexibility index (Phi) is 4.67. The van der Waals surface area contributed by atoms with Crippen LogP contribution in [0.15, 0.2) is 48.6 Å². The summed E-state index contributed by atoms with van der Waals surface area (Å²) < 4.78 is 0. The fourth-order valence-corrected chi connectivity index (χ4v) is 1.80. The van der Waals surface area contributed by atoms with E-state index in [-0.39, 0.29) is 0 Å². The minimum absolute atomic E-state index is 0.439. The molecule has 0 aromatic rings. The lowest BCUT2D eigenvalue weighted by molar-refractivity contribution is 0.672. The Morgan fingerprint density at radius 1 is 0.375 bits per heavy atom. The van der Waals surface area contributed by atoms with Gasteiger partial charge >= 0.3 is 0 Å². The van der Waals surface area contributed by atoms with Crippen molar-refractivity contribution in [1.82, 2.24) is 0 Å². The molecule has 2 rings (SSSR count). The second kappa shape index (κ2) is 6.52. The van der Waals surface area contributed by atoms with Gasteiger partial charge in [-0.1, -0.05) is 48.6 Å². The molecular weight excluding hydrogens is 192 g/mol. The maximum Gasteiger partial charge on any atom is 0.00443 e. The summed E-state index contributed by atoms with van der Waals surface area (Å²) >= 11 is 0. The van der Waals surface area contributed by atoms with Crippen molar-refractivity contribution in [1.29, 1.82) is 0 Å². The highest BCUT2D eigenvalue weighted by molar-refractivity contribution is 5.27. The van der Waals surface area contributed by atoms with Crippen LogP contribution in [-0.2, 0) is 0 Å². The first-order valence-corrected chi connectivity index (χ1v) is 5.67. The van der Waals surface area contributed by atoms with Gasteiger partial charge in [0.1, 0.15) is 0 Å². The van der Waals surface area contributed by atoms with E-state index in [1.54, 1.807) is 0 Å². The van der Waals surface area contributed by atoms with Gasteiger partial charge in [-0.3, -0.25) is 0 Å². The summed E-state index contributed by atoms with van der Waals surface area (Å²) in [6.07, 6.45) is 29.8. The molecule has 0 aromatic carbocycles. The molecule has 0 atom stereocenters. The third-order valence-corrected chi connectivity index (χ3v) is 2.67. The van der Waals surface area contributed by atoms with Crippen LogP contribution in [0.1, 0.15) is 0 Å². The maximum absolute atomic E-state index is 2.24. The van der Waals surface area contributed by atoms with Crippen molar-refractivity contribution >= 4 is 0 Å². The molecule has 0 spiro atoms. The molecule has 0 saturated carbocycles. The van der Waals surface area contributed by atoms with E-state index in [9.17, 15) is 0 Å². The third kappa shape index (κ3) is 3.52. The third-order valence-electron chi connectivity index (χ3n) is 2.67. The molecule has 0 saturated heterocycles. The van der Waals surface area contributed by atoms with Gasteiger partial charge in [0.2, 0.25) is 0 Å². The predicted molar refractivity (Wildman–Crippen MR) is 69.3 cm³/mol. The van der Waals surface area contributed by atoms with Gasteiger partial charge in [0, 0.05) is 11.8 Å². The molecule has 0 aliphatic heterocycles. The molecule has 0 heteroatoms. The zero-order valence-corrected chi connectivity index (χ0v) is 9.24. The highest BCUT2D eigenvalue weighted by Gasteiger charge is 2.12. The van der Waals surface area contributed by atoms with Gasteiger partial charge in [-0.25, -0.2) is 0 Å². The fourth-order valence-electron chi connectivity index (χ4n) is 1.80. The number of hydrogen-bond donors (Lipinski definition) is 0. The molecule has 2 aliphatic carbocycles. The van der Waals surface area contributed by atoms with E-state index in [1.165, 1.54) is 0 Å². The van der Waals surface area contributed by atoms with Gasteiger partial charge in [-0.05, 0) is 38.5 Å². The molecule has 0 heterocycles. The van der Waals surface area contributed by atoms with E-state index in [0.29, 0.717) is 11.8 Å². The van der Waals surface area contributed by atoms with Crippen molar-refractivity contribution < 1.29 is 0 Å². The molecule has 0 bridgehead atoms. The van der Waals surface area contributed by atoms with E-state index in [2.05, 4.69) is 74.3 Å². The van der Waals surface area contributed by atoms with Crippen molar-refractivity contribution in [3.8, 4) is 0 Å². The monoisotopic (exact) mass is 208 g/mol. The van der Waals surface area contributed by atoms with Crippen LogP contribution in [0.4, 0.5) is 0 Å². The largest absolute Gasteiger partial charge is 0.0839 e. The van der Waals surface area contributed by atoms with E-state index >= 15 is 0 Å². The van der Waals surface area contributed by atoms with Crippen molar-refractivity contribution in [2.75, 3.05) is 0 Å². The van der Waals surface area contributed by atoms with Crippen LogP contribution >= 0.6 is 0 Å². The Labute approximate surface area is 99.4 Å². The quantitative estimate of drug-likeness (QED) is 0.616. The van der Waals surface area contributed by atoms with Crippen LogP contribution in [-0.4, -0.2) is 0 Å². The van der Waals surface area contributed by atoms with Crippen molar-refractivity contribution in [2.45, 2.75) is 0 Å². The SMILES string of the molecule is [CH]1[CH]/C=C\C(C2/C=C\[CH][CH][CH]/C=C\2)/C=C\[CH]1. The smallest absolute Gasteiger partial charge is 0.00443 e. The number of hydrogen-bond acceptors (Lipinski definition) is 0. The van der Waals surface area contributed by atoms with E-state index < -0.39 is 0 Å². The van der Waals surface area contributed by atoms with Gasteiger partial charge in [0.05, 0.1) is 0 Å². The Balaban J connectivity index is 2.07. The first kappa shape index (κ1) is 11.4. The number of allylic oxidation sites excluding steroid dienone is 8. The van der Waals surface area contributed by atoms with Crippen LogP contribution in [0.25, 0.3) is 0 Å². The summed E-state index contributed by atoms with van der Waals surface area (Å²) in [6.45, 7) is 0. The summed E-state index contributed by atoms with van der Waals surface area (Å²) in [5, 5.41) is 0. The topological polar surface area (TPSA) is 0 Å². The van der Waals surface area contributed by atoms with Gasteiger partial charge in [-0.2, -0.15) is 0 Å². The molecule has 0 fully saturated rings. The lowest BCUT2D eigenvalue weighted by atomic mass is 9.87. The standard InChI is InChI=1S/C16H16/c1-3-7-11-15(12-8-4-1)16-13-9-5-2-6-10-14-16/h1-16H/b11-7-,12-8-,13-9-,14-10-. The molecule has 6 radical (unpaired) electrons. The van der Waals surface area contributed by atoms with Gasteiger partial charge in [0.25, 0.3) is 0 Å². The predicted octanol–water partition coefficient (Wildman–Crippen LogP) is 3.70. The van der Waals surface area contributed by atoms with Crippen LogP contribution < -0.4 is 0 Å². The molecular formula is C16H16. The Hall–Kier alpha value is -1.04. The fraction of sp³-hybridized carbons (Fsp3) is 0.125. The molecule has 0 nitrogen and oxygen atoms in total. The van der Waals surface area contributed by atoms with Crippen molar-refractivity contribution in [3.05, 3.63) is 87.1 Å². The first-order chi connectivity index (χ1) is 7.97. The zero-order valence-electron chi connectivity index (χ0n) is 9.24. The molecule has 0 amide bonds. The Morgan fingerprint density at radius 3 is 1.00 bits per heavy atom. The molecule has 0 unspecified atom stereocenters. The Bertz CT molecular complexity index is 244. The first-order valence-electron chi connectivity index (χ1n) is 5.67. The minimum atomic E-state index is 0.439. The van der Waals surface area contributed by atoms with Crippen LogP contribution in [0, 0.1) is 50.4 Å². The summed E-state index contributed by atoms with van der Waals surface area (Å²) in [5.41, 5.74) is 0. The van der Waals surface area contributed by atoms with Crippen LogP contribution in [0.2, 0.25) is 0 Å². The summed E-state index contributed by atoms with van der Waals surface area (Å²) in [6, 6.07) is 0. The number of rotatable bonds is 1. The highest BCUT2D eigenvalue weighted by atomic mass is 14.2. The van der Waals surface area contributed by atoms with Gasteiger partial charge < -0.3 is 0 Å². The maximum atomic E-state index is 2.24. The average molecular weight is 208 g/mol. The van der Waals surface area contributed by atoms with Crippen LogP contribution in [0.5, 0.6) is 0 Å². The summed E-state index contributed by atoms with van der Waals surface area (Å²) in [4.78, 5) is 0. The minimum Gasteiger partial charge on any atom is -0.0839 e.